The van der Waals surface area contributed by atoms with Crippen molar-refractivity contribution in [2.45, 2.75) is 44.9 Å². The fourth-order valence-electron chi connectivity index (χ4n) is 2.50. The van der Waals surface area contributed by atoms with Gasteiger partial charge in [-0.25, -0.2) is 0 Å². The van der Waals surface area contributed by atoms with Crippen LogP contribution in [0, 0.1) is 0 Å². The minimum Gasteiger partial charge on any atom is -0.372 e. The van der Waals surface area contributed by atoms with E-state index in [0.717, 1.165) is 13.1 Å². The highest BCUT2D eigenvalue weighted by Crippen LogP contribution is 2.21. The van der Waals surface area contributed by atoms with Crippen molar-refractivity contribution in [3.05, 3.63) is 0 Å². The van der Waals surface area contributed by atoms with Crippen LogP contribution in [0.3, 0.4) is 0 Å². The van der Waals surface area contributed by atoms with E-state index in [1.807, 2.05) is 0 Å². The minimum absolute atomic E-state index is 0.446. The van der Waals surface area contributed by atoms with Crippen molar-refractivity contribution in [1.82, 2.24) is 10.2 Å². The highest BCUT2D eigenvalue weighted by atomic mass is 32.2. The maximum atomic E-state index is 6.10. The molecule has 17 heavy (non-hydrogen) atoms. The summed E-state index contributed by atoms with van der Waals surface area (Å²) in [6.07, 6.45) is 3.40. The Labute approximate surface area is 110 Å². The summed E-state index contributed by atoms with van der Waals surface area (Å²) in [5.41, 5.74) is 0. The van der Waals surface area contributed by atoms with E-state index in [-0.39, 0.29) is 0 Å². The first-order chi connectivity index (χ1) is 8.24. The number of thioether (sulfide) groups is 1. The van der Waals surface area contributed by atoms with Crippen LogP contribution in [0.2, 0.25) is 0 Å². The molecule has 0 aromatic rings. The third-order valence-corrected chi connectivity index (χ3v) is 4.46. The van der Waals surface area contributed by atoms with Crippen molar-refractivity contribution >= 4 is 11.8 Å². The van der Waals surface area contributed by atoms with Crippen LogP contribution in [0.15, 0.2) is 0 Å². The minimum atomic E-state index is 0.446. The molecule has 2 aliphatic heterocycles. The van der Waals surface area contributed by atoms with E-state index in [2.05, 4.69) is 35.8 Å². The van der Waals surface area contributed by atoms with Gasteiger partial charge in [-0.05, 0) is 12.8 Å². The molecule has 2 aliphatic rings. The highest BCUT2D eigenvalue weighted by Gasteiger charge is 2.27. The molecule has 1 N–H and O–H groups in total. The topological polar surface area (TPSA) is 24.5 Å². The Morgan fingerprint density at radius 1 is 1.24 bits per heavy atom. The van der Waals surface area contributed by atoms with Gasteiger partial charge in [0, 0.05) is 43.7 Å². The van der Waals surface area contributed by atoms with E-state index in [4.69, 9.17) is 4.74 Å². The first-order valence-corrected chi connectivity index (χ1v) is 8.08. The van der Waals surface area contributed by atoms with Crippen molar-refractivity contribution in [3.63, 3.8) is 0 Å². The van der Waals surface area contributed by atoms with Crippen LogP contribution in [0.4, 0.5) is 0 Å². The Kier molecular flexibility index (Phi) is 5.60. The van der Waals surface area contributed by atoms with Crippen LogP contribution in [0.25, 0.3) is 0 Å². The second kappa shape index (κ2) is 6.98. The molecule has 3 nitrogen and oxygen atoms in total. The average Bonchev–Trinajstić information content (AvgIpc) is 2.75. The van der Waals surface area contributed by atoms with Gasteiger partial charge < -0.3 is 10.1 Å². The van der Waals surface area contributed by atoms with Crippen molar-refractivity contribution < 1.29 is 4.74 Å². The Morgan fingerprint density at radius 3 is 2.65 bits per heavy atom. The molecule has 0 amide bonds. The maximum absolute atomic E-state index is 6.10. The van der Waals surface area contributed by atoms with Gasteiger partial charge >= 0.3 is 0 Å². The van der Waals surface area contributed by atoms with Gasteiger partial charge in [-0.1, -0.05) is 13.8 Å². The quantitative estimate of drug-likeness (QED) is 0.809. The van der Waals surface area contributed by atoms with Crippen LogP contribution in [-0.2, 0) is 4.74 Å². The monoisotopic (exact) mass is 258 g/mol. The van der Waals surface area contributed by atoms with E-state index in [0.29, 0.717) is 18.2 Å². The Hall–Kier alpha value is 0.230. The predicted molar refractivity (Wildman–Crippen MR) is 74.8 cm³/mol. The first kappa shape index (κ1) is 13.7. The Balaban J connectivity index is 1.63. The summed E-state index contributed by atoms with van der Waals surface area (Å²) in [7, 11) is 0. The maximum Gasteiger partial charge on any atom is 0.0707 e. The molecule has 0 bridgehead atoms. The van der Waals surface area contributed by atoms with Gasteiger partial charge in [0.15, 0.2) is 0 Å². The summed E-state index contributed by atoms with van der Waals surface area (Å²) in [4.78, 5) is 2.57. The van der Waals surface area contributed by atoms with Crippen LogP contribution in [0.1, 0.15) is 26.7 Å². The lowest BCUT2D eigenvalue weighted by Crippen LogP contribution is -2.39. The molecule has 2 unspecified atom stereocenters. The van der Waals surface area contributed by atoms with Crippen molar-refractivity contribution in [2.75, 3.05) is 37.7 Å². The molecular formula is C13H26N2OS. The molecule has 2 fully saturated rings. The van der Waals surface area contributed by atoms with Gasteiger partial charge in [-0.3, -0.25) is 4.90 Å². The molecule has 0 aromatic heterocycles. The van der Waals surface area contributed by atoms with Crippen LogP contribution in [-0.4, -0.2) is 60.8 Å². The average molecular weight is 258 g/mol. The fraction of sp³-hybridized carbons (Fsp3) is 1.00. The largest absolute Gasteiger partial charge is 0.372 e. The number of nitrogens with zero attached hydrogens (tertiary/aromatic N) is 1. The van der Waals surface area contributed by atoms with Crippen molar-refractivity contribution in [2.24, 2.45) is 0 Å². The molecule has 0 aromatic carbocycles. The molecule has 2 rings (SSSR count). The highest BCUT2D eigenvalue weighted by molar-refractivity contribution is 7.99. The van der Waals surface area contributed by atoms with E-state index < -0.39 is 0 Å². The van der Waals surface area contributed by atoms with Gasteiger partial charge in [0.25, 0.3) is 0 Å². The predicted octanol–water partition coefficient (Wildman–Crippen LogP) is 1.58. The second-order valence-corrected chi connectivity index (χ2v) is 6.66. The first-order valence-electron chi connectivity index (χ1n) is 6.93. The molecule has 2 atom stereocenters. The van der Waals surface area contributed by atoms with Gasteiger partial charge in [-0.15, -0.1) is 0 Å². The van der Waals surface area contributed by atoms with E-state index in [1.54, 1.807) is 0 Å². The van der Waals surface area contributed by atoms with Gasteiger partial charge in [0.1, 0.15) is 0 Å². The summed E-state index contributed by atoms with van der Waals surface area (Å²) >= 11 is 2.08. The molecule has 0 radical (unpaired) electrons. The zero-order valence-corrected chi connectivity index (χ0v) is 12.0. The number of ether oxygens (including phenoxy) is 1. The van der Waals surface area contributed by atoms with Crippen molar-refractivity contribution in [1.29, 1.82) is 0 Å². The summed E-state index contributed by atoms with van der Waals surface area (Å²) in [5.74, 6) is 2.59. The lowest BCUT2D eigenvalue weighted by molar-refractivity contribution is 0.0244. The number of rotatable bonds is 5. The SMILES string of the molecule is CC(C)NCC1CCC(CN2CCSCC2)O1. The fourth-order valence-corrected chi connectivity index (χ4v) is 3.48. The van der Waals surface area contributed by atoms with Crippen LogP contribution >= 0.6 is 11.8 Å². The number of nitrogens with one attached hydrogen (secondary N) is 1. The summed E-state index contributed by atoms with van der Waals surface area (Å²) in [6, 6.07) is 0.566. The van der Waals surface area contributed by atoms with Crippen LogP contribution < -0.4 is 5.32 Å². The lowest BCUT2D eigenvalue weighted by Gasteiger charge is -2.28. The zero-order chi connectivity index (χ0) is 12.1. The van der Waals surface area contributed by atoms with E-state index in [9.17, 15) is 0 Å². The zero-order valence-electron chi connectivity index (χ0n) is 11.2. The van der Waals surface area contributed by atoms with E-state index in [1.165, 1.54) is 37.4 Å². The molecule has 0 saturated carbocycles. The van der Waals surface area contributed by atoms with Gasteiger partial charge in [0.2, 0.25) is 0 Å². The smallest absolute Gasteiger partial charge is 0.0707 e. The molecule has 0 spiro atoms. The normalized spacial score (nSPS) is 31.2. The van der Waals surface area contributed by atoms with Crippen LogP contribution in [0.5, 0.6) is 0 Å². The second-order valence-electron chi connectivity index (χ2n) is 5.43. The Bertz CT molecular complexity index is 219. The molecular weight excluding hydrogens is 232 g/mol. The summed E-state index contributed by atoms with van der Waals surface area (Å²) < 4.78 is 6.10. The summed E-state index contributed by atoms with van der Waals surface area (Å²) in [5, 5.41) is 3.47. The lowest BCUT2D eigenvalue weighted by atomic mass is 10.2. The Morgan fingerprint density at radius 2 is 1.94 bits per heavy atom. The third-order valence-electron chi connectivity index (χ3n) is 3.51. The van der Waals surface area contributed by atoms with E-state index >= 15 is 0 Å². The molecule has 100 valence electrons. The summed E-state index contributed by atoms with van der Waals surface area (Å²) in [6.45, 7) is 9.05. The number of hydrogen-bond donors (Lipinski definition) is 1. The number of hydrogen-bond acceptors (Lipinski definition) is 4. The molecule has 2 heterocycles. The van der Waals surface area contributed by atoms with Gasteiger partial charge in [0.05, 0.1) is 12.2 Å². The molecule has 4 heteroatoms. The van der Waals surface area contributed by atoms with Gasteiger partial charge in [-0.2, -0.15) is 11.8 Å². The molecule has 0 aliphatic carbocycles. The van der Waals surface area contributed by atoms with Crippen molar-refractivity contribution in [3.8, 4) is 0 Å². The third kappa shape index (κ3) is 4.78. The molecule has 2 saturated heterocycles. The standard InChI is InChI=1S/C13H26N2OS/c1-11(2)14-9-12-3-4-13(16-12)10-15-5-7-17-8-6-15/h11-14H,3-10H2,1-2H3.